The van der Waals surface area contributed by atoms with Crippen LogP contribution in [0.5, 0.6) is 11.5 Å². The molecular formula is C22H30N2O4. The van der Waals surface area contributed by atoms with Gasteiger partial charge in [-0.1, -0.05) is 38.6 Å². The summed E-state index contributed by atoms with van der Waals surface area (Å²) in [5.41, 5.74) is 9.34. The van der Waals surface area contributed by atoms with E-state index in [-0.39, 0.29) is 12.0 Å². The number of ether oxygens (including phenoxy) is 3. The van der Waals surface area contributed by atoms with Crippen LogP contribution in [0.4, 0.5) is 0 Å². The van der Waals surface area contributed by atoms with E-state index < -0.39 is 18.1 Å². The van der Waals surface area contributed by atoms with Crippen LogP contribution in [0.15, 0.2) is 30.9 Å². The van der Waals surface area contributed by atoms with Gasteiger partial charge >= 0.3 is 5.97 Å². The average Bonchev–Trinajstić information content (AvgIpc) is 2.93. The van der Waals surface area contributed by atoms with Gasteiger partial charge in [-0.3, -0.25) is 9.69 Å². The number of carbonyl (C=O) groups is 1. The number of nitrogens with zero attached hydrogens (tertiary/aromatic N) is 1. The summed E-state index contributed by atoms with van der Waals surface area (Å²) in [6.45, 7) is 9.28. The van der Waals surface area contributed by atoms with Gasteiger partial charge in [-0.25, -0.2) is 0 Å². The molecule has 6 heteroatoms. The molecule has 1 aromatic carbocycles. The normalized spacial score (nSPS) is 20.5. The van der Waals surface area contributed by atoms with Gasteiger partial charge in [-0.2, -0.15) is 0 Å². The first-order valence-electron chi connectivity index (χ1n) is 9.69. The second-order valence-electron chi connectivity index (χ2n) is 7.81. The van der Waals surface area contributed by atoms with Crippen LogP contribution in [-0.2, 0) is 16.1 Å². The molecule has 0 saturated carbocycles. The molecule has 6 nitrogen and oxygen atoms in total. The van der Waals surface area contributed by atoms with E-state index >= 15 is 0 Å². The van der Waals surface area contributed by atoms with E-state index in [0.29, 0.717) is 12.2 Å². The van der Waals surface area contributed by atoms with Crippen LogP contribution in [-0.4, -0.2) is 49.8 Å². The molecule has 0 saturated heterocycles. The summed E-state index contributed by atoms with van der Waals surface area (Å²) in [6, 6.07) is 3.38. The summed E-state index contributed by atoms with van der Waals surface area (Å²) < 4.78 is 17.4. The Morgan fingerprint density at radius 3 is 2.86 bits per heavy atom. The number of likely N-dealkylation sites (N-methyl/N-ethyl adjacent to an activating group) is 1. The van der Waals surface area contributed by atoms with E-state index in [0.717, 1.165) is 30.0 Å². The van der Waals surface area contributed by atoms with Crippen molar-refractivity contribution in [2.24, 2.45) is 11.7 Å². The number of benzene rings is 1. The van der Waals surface area contributed by atoms with Crippen molar-refractivity contribution in [3.8, 4) is 11.5 Å². The molecule has 2 N–H and O–H groups in total. The minimum absolute atomic E-state index is 0.0110. The molecule has 152 valence electrons. The second kappa shape index (κ2) is 8.37. The monoisotopic (exact) mass is 386 g/mol. The Balaban J connectivity index is 1.84. The van der Waals surface area contributed by atoms with Gasteiger partial charge in [-0.05, 0) is 24.6 Å². The van der Waals surface area contributed by atoms with Crippen molar-refractivity contribution in [1.29, 1.82) is 0 Å². The number of esters is 1. The number of methoxy groups -OCH3 is 1. The molecule has 1 aromatic rings. The first-order chi connectivity index (χ1) is 13.3. The van der Waals surface area contributed by atoms with Crippen LogP contribution in [0.1, 0.15) is 31.4 Å². The molecular weight excluding hydrogens is 356 g/mol. The van der Waals surface area contributed by atoms with Gasteiger partial charge in [0.25, 0.3) is 0 Å². The van der Waals surface area contributed by atoms with E-state index in [1.807, 2.05) is 19.9 Å². The van der Waals surface area contributed by atoms with E-state index in [2.05, 4.69) is 30.7 Å². The summed E-state index contributed by atoms with van der Waals surface area (Å²) in [5, 5.41) is 0. The molecule has 3 rings (SSSR count). The van der Waals surface area contributed by atoms with Crippen LogP contribution >= 0.6 is 0 Å². The van der Waals surface area contributed by atoms with Crippen LogP contribution in [0, 0.1) is 5.92 Å². The Morgan fingerprint density at radius 2 is 2.21 bits per heavy atom. The minimum atomic E-state index is -0.651. The Bertz CT molecular complexity index is 787. The van der Waals surface area contributed by atoms with Crippen molar-refractivity contribution >= 4 is 11.5 Å². The van der Waals surface area contributed by atoms with Crippen LogP contribution < -0.4 is 15.2 Å². The highest BCUT2D eigenvalue weighted by Crippen LogP contribution is 2.48. The SMILES string of the molecule is C=C[C@@H](C[C@@H]1Oc2c(OC)ccc3c2C1=CCN(C)C3)OC(=O)[C@@H](N)C(C)C. The Morgan fingerprint density at radius 1 is 1.46 bits per heavy atom. The third-order valence-electron chi connectivity index (χ3n) is 5.35. The number of carbonyl (C=O) groups excluding carboxylic acids is 1. The molecule has 0 fully saturated rings. The molecule has 2 aliphatic heterocycles. The minimum Gasteiger partial charge on any atom is -0.493 e. The maximum absolute atomic E-state index is 12.3. The molecule has 0 aliphatic carbocycles. The van der Waals surface area contributed by atoms with Crippen LogP contribution in [0.2, 0.25) is 0 Å². The third kappa shape index (κ3) is 3.93. The second-order valence-corrected chi connectivity index (χ2v) is 7.81. The van der Waals surface area contributed by atoms with Gasteiger partial charge in [0.2, 0.25) is 0 Å². The molecule has 0 radical (unpaired) electrons. The Kier molecular flexibility index (Phi) is 6.10. The molecule has 0 aromatic heterocycles. The lowest BCUT2D eigenvalue weighted by molar-refractivity contribution is -0.150. The number of hydrogen-bond donors (Lipinski definition) is 1. The molecule has 2 heterocycles. The van der Waals surface area contributed by atoms with Gasteiger partial charge in [-0.15, -0.1) is 0 Å². The molecule has 3 atom stereocenters. The largest absolute Gasteiger partial charge is 0.493 e. The standard InChI is InChI=1S/C22H30N2O4/c1-6-15(27-22(25)20(23)13(2)3)11-18-16-9-10-24(4)12-14-7-8-17(26-5)21(28-18)19(14)16/h6-9,13,15,18,20H,1,10-12,23H2,2-5H3/t15-,18-,20-/m0/s1. The lowest BCUT2D eigenvalue weighted by Crippen LogP contribution is -2.39. The van der Waals surface area contributed by atoms with Crippen LogP contribution in [0.3, 0.4) is 0 Å². The highest BCUT2D eigenvalue weighted by atomic mass is 16.6. The van der Waals surface area contributed by atoms with Crippen molar-refractivity contribution in [2.45, 2.75) is 45.1 Å². The van der Waals surface area contributed by atoms with Crippen LogP contribution in [0.25, 0.3) is 5.57 Å². The predicted molar refractivity (Wildman–Crippen MR) is 109 cm³/mol. The third-order valence-corrected chi connectivity index (χ3v) is 5.35. The average molecular weight is 386 g/mol. The van der Waals surface area contributed by atoms with Gasteiger partial charge in [0.1, 0.15) is 18.2 Å². The van der Waals surface area contributed by atoms with Crippen molar-refractivity contribution in [3.63, 3.8) is 0 Å². The van der Waals surface area contributed by atoms with E-state index in [1.54, 1.807) is 13.2 Å². The Hall–Kier alpha value is -2.31. The molecule has 0 bridgehead atoms. The Labute approximate surface area is 166 Å². The first-order valence-corrected chi connectivity index (χ1v) is 9.69. The fourth-order valence-electron chi connectivity index (χ4n) is 3.62. The number of nitrogens with two attached hydrogens (primary N) is 1. The zero-order valence-corrected chi connectivity index (χ0v) is 17.1. The summed E-state index contributed by atoms with van der Waals surface area (Å²) in [5.74, 6) is 1.07. The van der Waals surface area contributed by atoms with E-state index in [1.165, 1.54) is 5.56 Å². The summed E-state index contributed by atoms with van der Waals surface area (Å²) >= 11 is 0. The number of hydrogen-bond acceptors (Lipinski definition) is 6. The predicted octanol–water partition coefficient (Wildman–Crippen LogP) is 2.76. The maximum Gasteiger partial charge on any atom is 0.323 e. The first kappa shape index (κ1) is 20.4. The zero-order chi connectivity index (χ0) is 20.4. The van der Waals surface area contributed by atoms with Crippen molar-refractivity contribution < 1.29 is 19.0 Å². The van der Waals surface area contributed by atoms with Gasteiger partial charge < -0.3 is 19.9 Å². The van der Waals surface area contributed by atoms with E-state index in [9.17, 15) is 4.79 Å². The molecule has 0 amide bonds. The maximum atomic E-state index is 12.3. The highest BCUT2D eigenvalue weighted by Gasteiger charge is 2.36. The highest BCUT2D eigenvalue weighted by molar-refractivity contribution is 5.82. The lowest BCUT2D eigenvalue weighted by atomic mass is 9.94. The van der Waals surface area contributed by atoms with Gasteiger partial charge in [0.15, 0.2) is 11.5 Å². The zero-order valence-electron chi connectivity index (χ0n) is 17.1. The summed E-state index contributed by atoms with van der Waals surface area (Å²) in [6.07, 6.45) is 3.59. The van der Waals surface area contributed by atoms with E-state index in [4.69, 9.17) is 19.9 Å². The lowest BCUT2D eigenvalue weighted by Gasteiger charge is -2.22. The van der Waals surface area contributed by atoms with Crippen molar-refractivity contribution in [3.05, 3.63) is 42.0 Å². The fourth-order valence-corrected chi connectivity index (χ4v) is 3.62. The number of rotatable bonds is 7. The topological polar surface area (TPSA) is 74.0 Å². The van der Waals surface area contributed by atoms with Gasteiger partial charge in [0, 0.05) is 30.6 Å². The summed E-state index contributed by atoms with van der Waals surface area (Å²) in [4.78, 5) is 14.5. The molecule has 0 spiro atoms. The van der Waals surface area contributed by atoms with Gasteiger partial charge in [0.05, 0.1) is 7.11 Å². The van der Waals surface area contributed by atoms with Crippen molar-refractivity contribution in [1.82, 2.24) is 4.90 Å². The molecule has 0 unspecified atom stereocenters. The quantitative estimate of drug-likeness (QED) is 0.574. The molecule has 2 aliphatic rings. The fraction of sp³-hybridized carbons (Fsp3) is 0.500. The summed E-state index contributed by atoms with van der Waals surface area (Å²) in [7, 11) is 3.73. The molecule has 28 heavy (non-hydrogen) atoms. The smallest absolute Gasteiger partial charge is 0.323 e. The van der Waals surface area contributed by atoms with Crippen molar-refractivity contribution in [2.75, 3.05) is 20.7 Å².